The van der Waals surface area contributed by atoms with E-state index < -0.39 is 0 Å². The molecule has 0 aliphatic carbocycles. The Labute approximate surface area is 91.9 Å². The Morgan fingerprint density at radius 2 is 2.47 bits per heavy atom. The molecule has 0 aromatic carbocycles. The van der Waals surface area contributed by atoms with Gasteiger partial charge in [0, 0.05) is 37.3 Å². The molecule has 0 fully saturated rings. The van der Waals surface area contributed by atoms with E-state index in [1.807, 2.05) is 10.9 Å². The summed E-state index contributed by atoms with van der Waals surface area (Å²) in [5.74, 6) is 2.65. The fraction of sp³-hybridized carbons (Fsp3) is 0.583. The van der Waals surface area contributed by atoms with E-state index in [1.54, 1.807) is 0 Å². The maximum Gasteiger partial charge on any atom is 0.0534 e. The highest BCUT2D eigenvalue weighted by Crippen LogP contribution is 1.99. The van der Waals surface area contributed by atoms with Crippen molar-refractivity contribution in [2.24, 2.45) is 0 Å². The molecule has 1 aromatic heterocycles. The van der Waals surface area contributed by atoms with Crippen LogP contribution >= 0.6 is 0 Å². The average Bonchev–Trinajstić information content (AvgIpc) is 2.64. The maximum absolute atomic E-state index is 5.24. The molecule has 0 bridgehead atoms. The van der Waals surface area contributed by atoms with Crippen LogP contribution in [0.2, 0.25) is 0 Å². The van der Waals surface area contributed by atoms with Crippen molar-refractivity contribution in [2.75, 3.05) is 0 Å². The highest BCUT2D eigenvalue weighted by molar-refractivity contribution is 5.03. The molecule has 1 rings (SSSR count). The van der Waals surface area contributed by atoms with Crippen molar-refractivity contribution in [3.05, 3.63) is 18.0 Å². The lowest BCUT2D eigenvalue weighted by Crippen LogP contribution is -2.24. The average molecular weight is 205 g/mol. The van der Waals surface area contributed by atoms with E-state index in [0.717, 1.165) is 25.9 Å². The SMILES string of the molecule is C#CCC(C)NCc1cnn(CCC)c1. The van der Waals surface area contributed by atoms with Crippen LogP contribution in [0.4, 0.5) is 0 Å². The van der Waals surface area contributed by atoms with Crippen LogP contribution in [-0.2, 0) is 13.1 Å². The van der Waals surface area contributed by atoms with Gasteiger partial charge in [0.15, 0.2) is 0 Å². The van der Waals surface area contributed by atoms with Crippen molar-refractivity contribution in [1.82, 2.24) is 15.1 Å². The van der Waals surface area contributed by atoms with E-state index in [2.05, 4.69) is 36.4 Å². The van der Waals surface area contributed by atoms with Crippen LogP contribution in [0.1, 0.15) is 32.3 Å². The standard InChI is InChI=1S/C12H19N3/c1-4-6-11(3)13-8-12-9-14-15(10-12)7-5-2/h1,9-11,13H,5-8H2,2-3H3. The van der Waals surface area contributed by atoms with Crippen molar-refractivity contribution >= 4 is 0 Å². The summed E-state index contributed by atoms with van der Waals surface area (Å²) >= 11 is 0. The zero-order valence-corrected chi connectivity index (χ0v) is 9.53. The molecule has 1 heterocycles. The first kappa shape index (κ1) is 11.8. The van der Waals surface area contributed by atoms with Gasteiger partial charge in [0.2, 0.25) is 0 Å². The summed E-state index contributed by atoms with van der Waals surface area (Å²) in [6.45, 7) is 6.07. The molecular weight excluding hydrogens is 186 g/mol. The normalized spacial score (nSPS) is 12.3. The summed E-state index contributed by atoms with van der Waals surface area (Å²) in [6.07, 6.45) is 11.1. The topological polar surface area (TPSA) is 29.9 Å². The molecule has 0 spiro atoms. The van der Waals surface area contributed by atoms with Crippen molar-refractivity contribution in [2.45, 2.75) is 45.8 Å². The minimum atomic E-state index is 0.365. The predicted octanol–water partition coefficient (Wildman–Crippen LogP) is 1.79. The van der Waals surface area contributed by atoms with Gasteiger partial charge in [-0.05, 0) is 13.3 Å². The van der Waals surface area contributed by atoms with Gasteiger partial charge in [-0.3, -0.25) is 4.68 Å². The molecule has 3 nitrogen and oxygen atoms in total. The van der Waals surface area contributed by atoms with Gasteiger partial charge in [-0.15, -0.1) is 12.3 Å². The molecule has 0 saturated heterocycles. The first-order valence-electron chi connectivity index (χ1n) is 5.44. The molecule has 0 aliphatic heterocycles. The van der Waals surface area contributed by atoms with Gasteiger partial charge in [0.05, 0.1) is 6.20 Å². The lowest BCUT2D eigenvalue weighted by atomic mass is 10.2. The molecule has 1 unspecified atom stereocenters. The van der Waals surface area contributed by atoms with Crippen LogP contribution in [0.3, 0.4) is 0 Å². The lowest BCUT2D eigenvalue weighted by molar-refractivity contribution is 0.558. The van der Waals surface area contributed by atoms with Crippen LogP contribution in [-0.4, -0.2) is 15.8 Å². The fourth-order valence-electron chi connectivity index (χ4n) is 1.39. The second kappa shape index (κ2) is 6.26. The van der Waals surface area contributed by atoms with Crippen molar-refractivity contribution < 1.29 is 0 Å². The first-order chi connectivity index (χ1) is 7.26. The monoisotopic (exact) mass is 205 g/mol. The van der Waals surface area contributed by atoms with E-state index in [0.29, 0.717) is 6.04 Å². The Morgan fingerprint density at radius 1 is 1.67 bits per heavy atom. The second-order valence-electron chi connectivity index (χ2n) is 3.80. The van der Waals surface area contributed by atoms with E-state index in [-0.39, 0.29) is 0 Å². The summed E-state index contributed by atoms with van der Waals surface area (Å²) in [4.78, 5) is 0. The number of nitrogens with zero attached hydrogens (tertiary/aromatic N) is 2. The van der Waals surface area contributed by atoms with E-state index in [4.69, 9.17) is 6.42 Å². The largest absolute Gasteiger partial charge is 0.309 e. The van der Waals surface area contributed by atoms with Gasteiger partial charge in [-0.2, -0.15) is 5.10 Å². The molecule has 0 aliphatic rings. The molecule has 1 aromatic rings. The van der Waals surface area contributed by atoms with E-state index in [9.17, 15) is 0 Å². The Balaban J connectivity index is 2.34. The quantitative estimate of drug-likeness (QED) is 0.718. The highest BCUT2D eigenvalue weighted by Gasteiger charge is 2.01. The molecule has 1 N–H and O–H groups in total. The molecule has 15 heavy (non-hydrogen) atoms. The molecule has 3 heteroatoms. The second-order valence-corrected chi connectivity index (χ2v) is 3.80. The van der Waals surface area contributed by atoms with Gasteiger partial charge in [0.1, 0.15) is 0 Å². The summed E-state index contributed by atoms with van der Waals surface area (Å²) < 4.78 is 1.98. The van der Waals surface area contributed by atoms with Crippen molar-refractivity contribution in [3.8, 4) is 12.3 Å². The number of nitrogens with one attached hydrogen (secondary N) is 1. The van der Waals surface area contributed by atoms with E-state index in [1.165, 1.54) is 5.56 Å². The Bertz CT molecular complexity index is 322. The van der Waals surface area contributed by atoms with Gasteiger partial charge in [-0.25, -0.2) is 0 Å². The number of aromatic nitrogens is 2. The summed E-state index contributed by atoms with van der Waals surface area (Å²) in [5.41, 5.74) is 1.22. The van der Waals surface area contributed by atoms with Crippen LogP contribution < -0.4 is 5.32 Å². The van der Waals surface area contributed by atoms with Crippen LogP contribution in [0, 0.1) is 12.3 Å². The number of terminal acetylenes is 1. The third-order valence-corrected chi connectivity index (χ3v) is 2.22. The number of hydrogen-bond donors (Lipinski definition) is 1. The van der Waals surface area contributed by atoms with Crippen molar-refractivity contribution in [3.63, 3.8) is 0 Å². The Hall–Kier alpha value is -1.27. The molecule has 1 atom stereocenters. The van der Waals surface area contributed by atoms with Crippen LogP contribution in [0.5, 0.6) is 0 Å². The van der Waals surface area contributed by atoms with Gasteiger partial charge >= 0.3 is 0 Å². The first-order valence-corrected chi connectivity index (χ1v) is 5.44. The highest BCUT2D eigenvalue weighted by atomic mass is 15.3. The number of aryl methyl sites for hydroxylation is 1. The molecular formula is C12H19N3. The Kier molecular flexibility index (Phi) is 4.92. The fourth-order valence-corrected chi connectivity index (χ4v) is 1.39. The minimum absolute atomic E-state index is 0.365. The zero-order chi connectivity index (χ0) is 11.1. The van der Waals surface area contributed by atoms with Crippen LogP contribution in [0.15, 0.2) is 12.4 Å². The predicted molar refractivity (Wildman–Crippen MR) is 62.3 cm³/mol. The third-order valence-electron chi connectivity index (χ3n) is 2.22. The smallest absolute Gasteiger partial charge is 0.0534 e. The van der Waals surface area contributed by atoms with Crippen molar-refractivity contribution in [1.29, 1.82) is 0 Å². The Morgan fingerprint density at radius 3 is 3.13 bits per heavy atom. The van der Waals surface area contributed by atoms with Gasteiger partial charge in [-0.1, -0.05) is 6.92 Å². The third kappa shape index (κ3) is 4.18. The molecule has 0 saturated carbocycles. The van der Waals surface area contributed by atoms with Crippen LogP contribution in [0.25, 0.3) is 0 Å². The number of hydrogen-bond acceptors (Lipinski definition) is 2. The summed E-state index contributed by atoms with van der Waals surface area (Å²) in [7, 11) is 0. The maximum atomic E-state index is 5.24. The number of rotatable bonds is 6. The van der Waals surface area contributed by atoms with E-state index >= 15 is 0 Å². The summed E-state index contributed by atoms with van der Waals surface area (Å²) in [5, 5.41) is 7.63. The van der Waals surface area contributed by atoms with Gasteiger partial charge in [0.25, 0.3) is 0 Å². The zero-order valence-electron chi connectivity index (χ0n) is 9.53. The lowest BCUT2D eigenvalue weighted by Gasteiger charge is -2.08. The van der Waals surface area contributed by atoms with Gasteiger partial charge < -0.3 is 5.32 Å². The minimum Gasteiger partial charge on any atom is -0.309 e. The molecule has 0 amide bonds. The summed E-state index contributed by atoms with van der Waals surface area (Å²) in [6, 6.07) is 0.365. The molecule has 0 radical (unpaired) electrons. The molecule has 82 valence electrons.